The quantitative estimate of drug-likeness (QED) is 0.256. The lowest BCUT2D eigenvalue weighted by molar-refractivity contribution is -0.168. The lowest BCUT2D eigenvalue weighted by atomic mass is 10.0. The van der Waals surface area contributed by atoms with E-state index < -0.39 is 98.6 Å². The van der Waals surface area contributed by atoms with Crippen LogP contribution in [0.15, 0.2) is 0 Å². The highest BCUT2D eigenvalue weighted by atomic mass is 16.6. The second-order valence-corrected chi connectivity index (χ2v) is 10.3. The second-order valence-electron chi connectivity index (χ2n) is 10.3. The third kappa shape index (κ3) is 11.3. The number of hydrogen-bond donors (Lipinski definition) is 0. The molecule has 3 unspecified atom stereocenters. The van der Waals surface area contributed by atoms with Crippen molar-refractivity contribution in [1.82, 2.24) is 19.6 Å². The number of esters is 4. The third-order valence-corrected chi connectivity index (χ3v) is 6.11. The molecule has 0 aromatic heterocycles. The number of amides is 4. The number of ether oxygens (including phenoxy) is 4. The minimum absolute atomic E-state index is 0.0758. The summed E-state index contributed by atoms with van der Waals surface area (Å²) in [6.07, 6.45) is -2.51. The summed E-state index contributed by atoms with van der Waals surface area (Å²) in [5.41, 5.74) is 0. The van der Waals surface area contributed by atoms with E-state index in [4.69, 9.17) is 18.9 Å². The maximum atomic E-state index is 13.0. The van der Waals surface area contributed by atoms with Crippen LogP contribution in [0.3, 0.4) is 0 Å². The number of carbonyl (C=O) groups is 8. The van der Waals surface area contributed by atoms with Crippen LogP contribution in [0.5, 0.6) is 0 Å². The van der Waals surface area contributed by atoms with E-state index in [0.29, 0.717) is 0 Å². The Balaban J connectivity index is 3.17. The molecule has 0 bridgehead atoms. The largest absolute Gasteiger partial charge is 0.454 e. The summed E-state index contributed by atoms with van der Waals surface area (Å²) in [7, 11) is 5.07. The molecule has 16 nitrogen and oxygen atoms in total. The first-order valence-electron chi connectivity index (χ1n) is 13.1. The Morgan fingerprint density at radius 2 is 1.07 bits per heavy atom. The Morgan fingerprint density at radius 3 is 1.55 bits per heavy atom. The molecule has 0 saturated carbocycles. The lowest BCUT2D eigenvalue weighted by Gasteiger charge is -2.29. The van der Waals surface area contributed by atoms with Gasteiger partial charge in [0.15, 0.2) is 25.4 Å². The number of carbonyl (C=O) groups excluding carboxylic acids is 8. The lowest BCUT2D eigenvalue weighted by Crippen LogP contribution is -2.48. The minimum atomic E-state index is -1.34. The third-order valence-electron chi connectivity index (χ3n) is 6.11. The molecule has 1 aliphatic rings. The topological polar surface area (TPSA) is 186 Å². The van der Waals surface area contributed by atoms with Gasteiger partial charge in [-0.1, -0.05) is 13.8 Å². The average Bonchev–Trinajstić information content (AvgIpc) is 2.90. The van der Waals surface area contributed by atoms with Crippen LogP contribution in [0.1, 0.15) is 34.1 Å². The number of rotatable bonds is 2. The van der Waals surface area contributed by atoms with Crippen LogP contribution in [0.25, 0.3) is 0 Å². The van der Waals surface area contributed by atoms with Gasteiger partial charge in [0.05, 0.1) is 0 Å². The normalized spacial score (nSPS) is 24.3. The Hall–Kier alpha value is -4.24. The molecule has 1 rings (SSSR count). The van der Waals surface area contributed by atoms with E-state index >= 15 is 0 Å². The van der Waals surface area contributed by atoms with Gasteiger partial charge in [-0.15, -0.1) is 0 Å². The first kappa shape index (κ1) is 35.8. The van der Waals surface area contributed by atoms with E-state index in [2.05, 4.69) is 0 Å². The molecular formula is C26H40N4O12. The molecule has 4 amide bonds. The molecule has 1 heterocycles. The van der Waals surface area contributed by atoms with Crippen molar-refractivity contribution in [3.63, 3.8) is 0 Å². The number of likely N-dealkylation sites (N-methyl/N-ethyl adjacent to an activating group) is 4. The average molecular weight is 601 g/mol. The molecule has 236 valence electrons. The number of nitrogens with zero attached hydrogens (tertiary/aromatic N) is 4. The smallest absolute Gasteiger partial charge is 0.329 e. The van der Waals surface area contributed by atoms with Crippen molar-refractivity contribution in [3.05, 3.63) is 0 Å². The number of hydrogen-bond acceptors (Lipinski definition) is 12. The molecule has 1 saturated heterocycles. The predicted octanol–water partition coefficient (Wildman–Crippen LogP) is -1.80. The molecule has 0 spiro atoms. The van der Waals surface area contributed by atoms with Crippen molar-refractivity contribution in [3.8, 4) is 0 Å². The van der Waals surface area contributed by atoms with Crippen LogP contribution in [0.4, 0.5) is 0 Å². The van der Waals surface area contributed by atoms with Gasteiger partial charge >= 0.3 is 23.9 Å². The Kier molecular flexibility index (Phi) is 13.9. The second kappa shape index (κ2) is 16.3. The molecule has 0 radical (unpaired) electrons. The van der Waals surface area contributed by atoms with Crippen molar-refractivity contribution in [2.75, 3.05) is 61.0 Å². The highest BCUT2D eigenvalue weighted by Gasteiger charge is 2.33. The van der Waals surface area contributed by atoms with E-state index in [1.807, 2.05) is 0 Å². The summed E-state index contributed by atoms with van der Waals surface area (Å²) in [6.45, 7) is 2.94. The van der Waals surface area contributed by atoms with Crippen molar-refractivity contribution in [2.45, 2.75) is 52.4 Å². The van der Waals surface area contributed by atoms with E-state index in [0.717, 1.165) is 19.6 Å². The fraction of sp³-hybridized carbons (Fsp3) is 0.692. The molecule has 1 aliphatic heterocycles. The number of cyclic esters (lactones) is 4. The van der Waals surface area contributed by atoms with Gasteiger partial charge in [0.25, 0.3) is 23.6 Å². The zero-order valence-corrected chi connectivity index (χ0v) is 25.2. The Bertz CT molecular complexity index is 1060. The molecule has 16 heteroatoms. The standard InChI is InChI=1S/C26H40N4O12/c1-15(2)9-18-26(38)42-17(4)25(37)29(7)10-21(33)39-13-19(31)27(5)12-23(35)41-16(3)24(36)28(6)11-22(34)40-14-20(32)30(18)8/h15-18H,9-14H2,1-8H3. The molecule has 3 atom stereocenters. The van der Waals surface area contributed by atoms with Gasteiger partial charge in [-0.05, 0) is 26.2 Å². The van der Waals surface area contributed by atoms with Gasteiger partial charge in [-0.3, -0.25) is 33.6 Å². The fourth-order valence-corrected chi connectivity index (χ4v) is 3.65. The zero-order valence-electron chi connectivity index (χ0n) is 25.2. The van der Waals surface area contributed by atoms with E-state index in [9.17, 15) is 38.4 Å². The summed E-state index contributed by atoms with van der Waals surface area (Å²) in [4.78, 5) is 104. The van der Waals surface area contributed by atoms with Crippen LogP contribution in [0.2, 0.25) is 0 Å². The van der Waals surface area contributed by atoms with Crippen molar-refractivity contribution >= 4 is 47.5 Å². The van der Waals surface area contributed by atoms with Gasteiger partial charge in [-0.2, -0.15) is 0 Å². The van der Waals surface area contributed by atoms with Crippen LogP contribution in [0, 0.1) is 5.92 Å². The predicted molar refractivity (Wildman–Crippen MR) is 142 cm³/mol. The minimum Gasteiger partial charge on any atom is -0.454 e. The zero-order chi connectivity index (χ0) is 32.3. The van der Waals surface area contributed by atoms with Crippen LogP contribution >= 0.6 is 0 Å². The summed E-state index contributed by atoms with van der Waals surface area (Å²) < 4.78 is 20.2. The first-order chi connectivity index (χ1) is 19.4. The van der Waals surface area contributed by atoms with Crippen molar-refractivity contribution in [2.24, 2.45) is 5.92 Å². The van der Waals surface area contributed by atoms with Crippen LogP contribution < -0.4 is 0 Å². The summed E-state index contributed by atoms with van der Waals surface area (Å²) >= 11 is 0. The molecular weight excluding hydrogens is 560 g/mol. The summed E-state index contributed by atoms with van der Waals surface area (Å²) in [5, 5.41) is 0. The summed E-state index contributed by atoms with van der Waals surface area (Å²) in [5.74, 6) is -6.80. The molecule has 0 aromatic rings. The fourth-order valence-electron chi connectivity index (χ4n) is 3.65. The molecule has 0 aromatic carbocycles. The summed E-state index contributed by atoms with van der Waals surface area (Å²) in [6, 6.07) is -1.13. The van der Waals surface area contributed by atoms with Gasteiger partial charge < -0.3 is 38.5 Å². The highest BCUT2D eigenvalue weighted by molar-refractivity contribution is 5.91. The van der Waals surface area contributed by atoms with E-state index in [1.165, 1.54) is 42.0 Å². The maximum absolute atomic E-state index is 13.0. The van der Waals surface area contributed by atoms with Crippen LogP contribution in [-0.4, -0.2) is 146 Å². The Morgan fingerprint density at radius 1 is 0.643 bits per heavy atom. The van der Waals surface area contributed by atoms with Gasteiger partial charge in [0, 0.05) is 28.2 Å². The van der Waals surface area contributed by atoms with Crippen molar-refractivity contribution in [1.29, 1.82) is 0 Å². The van der Waals surface area contributed by atoms with E-state index in [1.54, 1.807) is 13.8 Å². The van der Waals surface area contributed by atoms with Gasteiger partial charge in [0.1, 0.15) is 25.7 Å². The molecule has 1 fully saturated rings. The SMILES string of the molecule is CC(C)CC1C(=O)OC(C)C(=O)N(C)CC(=O)OCC(=O)N(C)CC(=O)OC(C)C(=O)N(C)CC(=O)OCC(=O)N1C. The van der Waals surface area contributed by atoms with Gasteiger partial charge in [0.2, 0.25) is 0 Å². The maximum Gasteiger partial charge on any atom is 0.329 e. The van der Waals surface area contributed by atoms with Crippen LogP contribution in [-0.2, 0) is 57.3 Å². The molecule has 0 N–H and O–H groups in total. The molecule has 42 heavy (non-hydrogen) atoms. The highest BCUT2D eigenvalue weighted by Crippen LogP contribution is 2.14. The first-order valence-corrected chi connectivity index (χ1v) is 13.1. The Labute approximate surface area is 244 Å². The molecule has 0 aliphatic carbocycles. The van der Waals surface area contributed by atoms with Crippen molar-refractivity contribution < 1.29 is 57.3 Å². The monoisotopic (exact) mass is 600 g/mol. The van der Waals surface area contributed by atoms with E-state index in [-0.39, 0.29) is 12.3 Å². The van der Waals surface area contributed by atoms with Gasteiger partial charge in [-0.25, -0.2) is 4.79 Å².